The summed E-state index contributed by atoms with van der Waals surface area (Å²) in [5.41, 5.74) is 2.92. The molecule has 27 heavy (non-hydrogen) atoms. The van der Waals surface area contributed by atoms with Gasteiger partial charge in [-0.3, -0.25) is 0 Å². The van der Waals surface area contributed by atoms with Crippen molar-refractivity contribution in [1.29, 1.82) is 0 Å². The summed E-state index contributed by atoms with van der Waals surface area (Å²) in [5.74, 6) is 0.141. The van der Waals surface area contributed by atoms with Crippen LogP contribution in [-0.2, 0) is 13.0 Å². The van der Waals surface area contributed by atoms with Gasteiger partial charge in [-0.15, -0.1) is 0 Å². The Morgan fingerprint density at radius 2 is 2.00 bits per heavy atom. The molecule has 0 amide bonds. The summed E-state index contributed by atoms with van der Waals surface area (Å²) >= 11 is 13.8. The maximum atomic E-state index is 13.3. The van der Waals surface area contributed by atoms with E-state index >= 15 is 0 Å². The van der Waals surface area contributed by atoms with Gasteiger partial charge in [0.05, 0.1) is 17.8 Å². The van der Waals surface area contributed by atoms with Crippen LogP contribution in [0.2, 0.25) is 10.0 Å². The van der Waals surface area contributed by atoms with Crippen molar-refractivity contribution in [2.75, 3.05) is 6.26 Å². The molecular weight excluding hydrogens is 408 g/mol. The maximum Gasteiger partial charge on any atom is 0.215 e. The second kappa shape index (κ2) is 7.50. The molecule has 0 saturated carbocycles. The average molecular weight is 422 g/mol. The van der Waals surface area contributed by atoms with E-state index in [1.165, 1.54) is 6.07 Å². The molecule has 0 spiro atoms. The van der Waals surface area contributed by atoms with Crippen LogP contribution in [0.5, 0.6) is 0 Å². The van der Waals surface area contributed by atoms with E-state index in [-0.39, 0.29) is 0 Å². The van der Waals surface area contributed by atoms with Crippen LogP contribution in [-0.4, -0.2) is 30.8 Å². The molecule has 0 unspecified atom stereocenters. The number of nitrogens with one attached hydrogen (secondary N) is 1. The molecule has 0 saturated heterocycles. The standard InChI is InChI=1S/C18H14Cl2FN5S/c1-27-18-22-12(6-10-2-3-11(19)7-13(10)20)8-26(18)9-16-23-14-4-5-15(21)24-17(14)25-16/h2-5,7-8H,6,9H2,1H3,(H,23,24,25). The van der Waals surface area contributed by atoms with Crippen LogP contribution in [0.25, 0.3) is 11.2 Å². The van der Waals surface area contributed by atoms with E-state index in [4.69, 9.17) is 23.2 Å². The second-order valence-corrected chi connectivity index (χ2v) is 7.57. The van der Waals surface area contributed by atoms with Crippen molar-refractivity contribution in [2.45, 2.75) is 18.1 Å². The molecule has 1 aromatic carbocycles. The van der Waals surface area contributed by atoms with Gasteiger partial charge in [0, 0.05) is 22.7 Å². The van der Waals surface area contributed by atoms with Crippen LogP contribution < -0.4 is 0 Å². The zero-order valence-corrected chi connectivity index (χ0v) is 16.5. The van der Waals surface area contributed by atoms with Crippen LogP contribution in [0, 0.1) is 5.95 Å². The smallest absolute Gasteiger partial charge is 0.215 e. The number of aromatic amines is 1. The zero-order chi connectivity index (χ0) is 19.0. The number of nitrogens with zero attached hydrogens (tertiary/aromatic N) is 4. The number of fused-ring (bicyclic) bond motifs is 1. The molecule has 3 heterocycles. The fourth-order valence-electron chi connectivity index (χ4n) is 2.83. The Labute approximate surface area is 169 Å². The molecular formula is C18H14Cl2FN5S. The van der Waals surface area contributed by atoms with E-state index in [0.29, 0.717) is 40.0 Å². The number of pyridine rings is 1. The number of aromatic nitrogens is 5. The Hall–Kier alpha value is -2.09. The lowest BCUT2D eigenvalue weighted by atomic mass is 10.1. The molecule has 4 aromatic rings. The quantitative estimate of drug-likeness (QED) is 0.365. The fraction of sp³-hybridized carbons (Fsp3) is 0.167. The summed E-state index contributed by atoms with van der Waals surface area (Å²) in [6, 6.07) is 8.39. The molecule has 0 radical (unpaired) electrons. The van der Waals surface area contributed by atoms with E-state index in [9.17, 15) is 4.39 Å². The minimum absolute atomic E-state index is 0.365. The summed E-state index contributed by atoms with van der Waals surface area (Å²) in [4.78, 5) is 16.0. The largest absolute Gasteiger partial charge is 0.339 e. The Kier molecular flexibility index (Phi) is 5.08. The van der Waals surface area contributed by atoms with Crippen molar-refractivity contribution in [3.05, 3.63) is 69.6 Å². The highest BCUT2D eigenvalue weighted by molar-refractivity contribution is 7.98. The highest BCUT2D eigenvalue weighted by atomic mass is 35.5. The van der Waals surface area contributed by atoms with Gasteiger partial charge in [0.25, 0.3) is 0 Å². The lowest BCUT2D eigenvalue weighted by Gasteiger charge is -2.02. The Bertz CT molecular complexity index is 1120. The van der Waals surface area contributed by atoms with Gasteiger partial charge in [-0.1, -0.05) is 41.0 Å². The molecule has 0 aliphatic carbocycles. The highest BCUT2D eigenvalue weighted by Crippen LogP contribution is 2.25. The Morgan fingerprint density at radius 3 is 2.78 bits per heavy atom. The van der Waals surface area contributed by atoms with Crippen molar-refractivity contribution in [3.8, 4) is 0 Å². The van der Waals surface area contributed by atoms with E-state index in [0.717, 1.165) is 16.4 Å². The lowest BCUT2D eigenvalue weighted by Crippen LogP contribution is -2.01. The fourth-order valence-corrected chi connectivity index (χ4v) is 3.86. The molecule has 0 atom stereocenters. The van der Waals surface area contributed by atoms with Crippen LogP contribution in [0.3, 0.4) is 0 Å². The monoisotopic (exact) mass is 421 g/mol. The Morgan fingerprint density at radius 1 is 1.15 bits per heavy atom. The normalized spacial score (nSPS) is 11.4. The first-order valence-corrected chi connectivity index (χ1v) is 10.0. The van der Waals surface area contributed by atoms with Crippen molar-refractivity contribution < 1.29 is 4.39 Å². The summed E-state index contributed by atoms with van der Waals surface area (Å²) < 4.78 is 15.3. The molecule has 1 N–H and O–H groups in total. The number of rotatable bonds is 5. The first kappa shape index (κ1) is 18.3. The molecule has 0 aliphatic heterocycles. The van der Waals surface area contributed by atoms with Gasteiger partial charge in [-0.25, -0.2) is 9.97 Å². The number of thioether (sulfide) groups is 1. The van der Waals surface area contributed by atoms with Gasteiger partial charge in [0.2, 0.25) is 5.95 Å². The van der Waals surface area contributed by atoms with E-state index < -0.39 is 5.95 Å². The zero-order valence-electron chi connectivity index (χ0n) is 14.2. The third-order valence-corrected chi connectivity index (χ3v) is 5.32. The minimum Gasteiger partial charge on any atom is -0.339 e. The van der Waals surface area contributed by atoms with Crippen LogP contribution in [0.1, 0.15) is 17.1 Å². The van der Waals surface area contributed by atoms with Crippen molar-refractivity contribution in [3.63, 3.8) is 0 Å². The number of H-pyrrole nitrogens is 1. The third-order valence-electron chi connectivity index (χ3n) is 4.04. The molecule has 0 bridgehead atoms. The van der Waals surface area contributed by atoms with Gasteiger partial charge in [-0.05, 0) is 36.1 Å². The molecule has 3 aromatic heterocycles. The van der Waals surface area contributed by atoms with Gasteiger partial charge < -0.3 is 9.55 Å². The summed E-state index contributed by atoms with van der Waals surface area (Å²) in [6.45, 7) is 0.482. The topological polar surface area (TPSA) is 59.4 Å². The number of benzene rings is 1. The average Bonchev–Trinajstić information content (AvgIpc) is 3.20. The molecule has 4 rings (SSSR count). The molecule has 5 nitrogen and oxygen atoms in total. The van der Waals surface area contributed by atoms with Gasteiger partial charge in [0.15, 0.2) is 10.8 Å². The number of hydrogen-bond acceptors (Lipinski definition) is 4. The molecule has 0 fully saturated rings. The second-order valence-electron chi connectivity index (χ2n) is 5.95. The minimum atomic E-state index is -0.546. The third kappa shape index (κ3) is 3.95. The van der Waals surface area contributed by atoms with Crippen molar-refractivity contribution >= 4 is 46.1 Å². The number of halogens is 3. The Balaban J connectivity index is 1.60. The maximum absolute atomic E-state index is 13.3. The first-order chi connectivity index (χ1) is 13.0. The van der Waals surface area contributed by atoms with Crippen LogP contribution in [0.15, 0.2) is 41.7 Å². The summed E-state index contributed by atoms with van der Waals surface area (Å²) in [6.07, 6.45) is 4.54. The van der Waals surface area contributed by atoms with Crippen LogP contribution in [0.4, 0.5) is 4.39 Å². The summed E-state index contributed by atoms with van der Waals surface area (Å²) in [7, 11) is 0. The van der Waals surface area contributed by atoms with Gasteiger partial charge in [0.1, 0.15) is 5.82 Å². The van der Waals surface area contributed by atoms with E-state index in [1.807, 2.05) is 29.2 Å². The van der Waals surface area contributed by atoms with Crippen LogP contribution >= 0.6 is 35.0 Å². The molecule has 9 heteroatoms. The number of hydrogen-bond donors (Lipinski definition) is 1. The molecule has 138 valence electrons. The predicted octanol–water partition coefficient (Wildman–Crippen LogP) is 4.96. The van der Waals surface area contributed by atoms with Crippen molar-refractivity contribution in [2.24, 2.45) is 0 Å². The summed E-state index contributed by atoms with van der Waals surface area (Å²) in [5, 5.41) is 2.08. The lowest BCUT2D eigenvalue weighted by molar-refractivity contribution is 0.588. The SMILES string of the molecule is CSc1nc(Cc2ccc(Cl)cc2Cl)cn1Cc1nc2nc(F)ccc2[nH]1. The number of imidazole rings is 2. The van der Waals surface area contributed by atoms with Gasteiger partial charge >= 0.3 is 0 Å². The van der Waals surface area contributed by atoms with Crippen molar-refractivity contribution in [1.82, 2.24) is 24.5 Å². The highest BCUT2D eigenvalue weighted by Gasteiger charge is 2.12. The predicted molar refractivity (Wildman–Crippen MR) is 106 cm³/mol. The first-order valence-electron chi connectivity index (χ1n) is 8.07. The van der Waals surface area contributed by atoms with E-state index in [2.05, 4.69) is 19.9 Å². The van der Waals surface area contributed by atoms with Gasteiger partial charge in [-0.2, -0.15) is 9.37 Å². The van der Waals surface area contributed by atoms with E-state index in [1.54, 1.807) is 23.9 Å². The molecule has 0 aliphatic rings.